The zero-order valence-corrected chi connectivity index (χ0v) is 19.3. The standard InChI is InChI=1S/C23H17ClN4O2S2/c1-15-7-9-17(10-8-15)21-25-26-23-28(21)27-20(16-5-3-2-4-6-16)22(31-23)32(29,30)19-13-11-18(24)12-14-19/h2-14,22H,1H3. The molecular formula is C23H17ClN4O2S2. The summed E-state index contributed by atoms with van der Waals surface area (Å²) in [6, 6.07) is 23.3. The molecule has 0 amide bonds. The SMILES string of the molecule is Cc1ccc(-c2nnc3n2N=C(c2ccccc2)C(S(=O)(=O)c2ccc(Cl)cc2)S3)cc1. The average Bonchev–Trinajstić information content (AvgIpc) is 3.23. The van der Waals surface area contributed by atoms with Crippen molar-refractivity contribution in [3.05, 3.63) is 95.0 Å². The van der Waals surface area contributed by atoms with E-state index in [-0.39, 0.29) is 4.90 Å². The van der Waals surface area contributed by atoms with Gasteiger partial charge in [0.15, 0.2) is 20.2 Å². The van der Waals surface area contributed by atoms with Gasteiger partial charge >= 0.3 is 0 Å². The lowest BCUT2D eigenvalue weighted by Gasteiger charge is -2.23. The Balaban J connectivity index is 1.66. The number of nitrogens with zero attached hydrogens (tertiary/aromatic N) is 4. The molecule has 0 spiro atoms. The van der Waals surface area contributed by atoms with Crippen LogP contribution in [0.3, 0.4) is 0 Å². The van der Waals surface area contributed by atoms with E-state index in [0.29, 0.717) is 21.7 Å². The van der Waals surface area contributed by atoms with Crippen LogP contribution in [0.5, 0.6) is 0 Å². The first kappa shape index (κ1) is 20.9. The molecule has 9 heteroatoms. The van der Waals surface area contributed by atoms with E-state index >= 15 is 0 Å². The Kier molecular flexibility index (Phi) is 5.36. The van der Waals surface area contributed by atoms with Crippen LogP contribution < -0.4 is 0 Å². The van der Waals surface area contributed by atoms with Gasteiger partial charge in [-0.1, -0.05) is 83.5 Å². The number of benzene rings is 3. The van der Waals surface area contributed by atoms with Gasteiger partial charge in [-0.25, -0.2) is 8.42 Å². The summed E-state index contributed by atoms with van der Waals surface area (Å²) in [5.41, 5.74) is 3.12. The summed E-state index contributed by atoms with van der Waals surface area (Å²) in [7, 11) is -3.79. The minimum Gasteiger partial charge on any atom is -0.222 e. The molecule has 0 saturated heterocycles. The molecule has 0 N–H and O–H groups in total. The Morgan fingerprint density at radius 2 is 1.56 bits per heavy atom. The maximum Gasteiger partial charge on any atom is 0.214 e. The molecule has 5 rings (SSSR count). The number of rotatable bonds is 4. The Bertz CT molecular complexity index is 1420. The van der Waals surface area contributed by atoms with E-state index in [4.69, 9.17) is 16.7 Å². The van der Waals surface area contributed by atoms with Crippen LogP contribution in [0.1, 0.15) is 11.1 Å². The van der Waals surface area contributed by atoms with E-state index in [1.54, 1.807) is 16.8 Å². The average molecular weight is 481 g/mol. The fourth-order valence-electron chi connectivity index (χ4n) is 3.38. The molecule has 160 valence electrons. The molecule has 0 fully saturated rings. The zero-order chi connectivity index (χ0) is 22.3. The molecule has 1 atom stereocenters. The van der Waals surface area contributed by atoms with Gasteiger partial charge in [0.1, 0.15) is 0 Å². The van der Waals surface area contributed by atoms with Crippen molar-refractivity contribution in [2.75, 3.05) is 0 Å². The number of sulfone groups is 1. The number of hydrogen-bond acceptors (Lipinski definition) is 6. The van der Waals surface area contributed by atoms with Crippen LogP contribution in [0, 0.1) is 6.92 Å². The van der Waals surface area contributed by atoms with E-state index in [9.17, 15) is 8.42 Å². The molecule has 1 aliphatic rings. The molecule has 3 aromatic carbocycles. The molecule has 2 heterocycles. The molecule has 6 nitrogen and oxygen atoms in total. The molecule has 0 radical (unpaired) electrons. The largest absolute Gasteiger partial charge is 0.222 e. The second-order valence-corrected chi connectivity index (χ2v) is 11.1. The van der Waals surface area contributed by atoms with Crippen LogP contribution in [0.15, 0.2) is 94.0 Å². The highest BCUT2D eigenvalue weighted by Gasteiger charge is 2.39. The van der Waals surface area contributed by atoms with E-state index in [0.717, 1.165) is 28.5 Å². The van der Waals surface area contributed by atoms with E-state index < -0.39 is 14.4 Å². The summed E-state index contributed by atoms with van der Waals surface area (Å²) in [5.74, 6) is 0.559. The second kappa shape index (κ2) is 8.20. The number of thioether (sulfide) groups is 1. The highest BCUT2D eigenvalue weighted by atomic mass is 35.5. The highest BCUT2D eigenvalue weighted by Crippen LogP contribution is 2.38. The predicted octanol–water partition coefficient (Wildman–Crippen LogP) is 5.07. The molecule has 1 aromatic heterocycles. The van der Waals surface area contributed by atoms with Gasteiger partial charge in [-0.3, -0.25) is 0 Å². The first-order valence-corrected chi connectivity index (χ1v) is 12.6. The van der Waals surface area contributed by atoms with Crippen LogP contribution in [-0.4, -0.2) is 33.6 Å². The quantitative estimate of drug-likeness (QED) is 0.407. The van der Waals surface area contributed by atoms with E-state index in [1.165, 1.54) is 12.1 Å². The smallest absolute Gasteiger partial charge is 0.214 e. The lowest BCUT2D eigenvalue weighted by molar-refractivity contribution is 0.597. The van der Waals surface area contributed by atoms with Gasteiger partial charge < -0.3 is 0 Å². The van der Waals surface area contributed by atoms with Gasteiger partial charge in [-0.15, -0.1) is 10.2 Å². The number of aromatic nitrogens is 3. The third kappa shape index (κ3) is 3.74. The normalized spacial score (nSPS) is 15.8. The Morgan fingerprint density at radius 1 is 0.875 bits per heavy atom. The van der Waals surface area contributed by atoms with Gasteiger partial charge in [0.25, 0.3) is 0 Å². The van der Waals surface area contributed by atoms with Gasteiger partial charge in [0, 0.05) is 16.1 Å². The molecule has 1 aliphatic heterocycles. The summed E-state index contributed by atoms with van der Waals surface area (Å²) >= 11 is 7.09. The maximum atomic E-state index is 13.6. The van der Waals surface area contributed by atoms with Crippen molar-refractivity contribution >= 4 is 38.9 Å². The molecule has 32 heavy (non-hydrogen) atoms. The number of aryl methyl sites for hydroxylation is 1. The van der Waals surface area contributed by atoms with Gasteiger partial charge in [-0.05, 0) is 31.2 Å². The summed E-state index contributed by atoms with van der Waals surface area (Å²) in [6.07, 6.45) is 0. The molecule has 0 aliphatic carbocycles. The zero-order valence-electron chi connectivity index (χ0n) is 16.9. The van der Waals surface area contributed by atoms with Crippen LogP contribution in [0.2, 0.25) is 5.02 Å². The van der Waals surface area contributed by atoms with Crippen molar-refractivity contribution in [1.29, 1.82) is 0 Å². The number of halogens is 1. The Morgan fingerprint density at radius 3 is 2.25 bits per heavy atom. The minimum atomic E-state index is -3.79. The van der Waals surface area contributed by atoms with Crippen molar-refractivity contribution in [1.82, 2.24) is 14.9 Å². The Hall–Kier alpha value is -2.94. The summed E-state index contributed by atoms with van der Waals surface area (Å²) < 4.78 is 27.8. The van der Waals surface area contributed by atoms with E-state index in [2.05, 4.69) is 10.2 Å². The van der Waals surface area contributed by atoms with E-state index in [1.807, 2.05) is 61.5 Å². The topological polar surface area (TPSA) is 77.2 Å². The Labute approximate surface area is 194 Å². The first-order chi connectivity index (χ1) is 15.4. The van der Waals surface area contributed by atoms with Crippen LogP contribution in [-0.2, 0) is 9.84 Å². The summed E-state index contributed by atoms with van der Waals surface area (Å²) in [4.78, 5) is 0.176. The predicted molar refractivity (Wildman–Crippen MR) is 127 cm³/mol. The van der Waals surface area contributed by atoms with Crippen molar-refractivity contribution in [3.63, 3.8) is 0 Å². The minimum absolute atomic E-state index is 0.176. The van der Waals surface area contributed by atoms with Crippen molar-refractivity contribution in [2.45, 2.75) is 21.6 Å². The van der Waals surface area contributed by atoms with Crippen LogP contribution in [0.25, 0.3) is 11.4 Å². The lowest BCUT2D eigenvalue weighted by Crippen LogP contribution is -2.32. The fraction of sp³-hybridized carbons (Fsp3) is 0.0870. The molecule has 0 saturated carbocycles. The molecule has 4 aromatic rings. The van der Waals surface area contributed by atoms with Crippen molar-refractivity contribution < 1.29 is 8.42 Å². The molecule has 1 unspecified atom stereocenters. The van der Waals surface area contributed by atoms with Crippen molar-refractivity contribution in [3.8, 4) is 11.4 Å². The third-order valence-electron chi connectivity index (χ3n) is 5.06. The third-order valence-corrected chi connectivity index (χ3v) is 8.98. The highest BCUT2D eigenvalue weighted by molar-refractivity contribution is 8.14. The molecule has 0 bridgehead atoms. The van der Waals surface area contributed by atoms with Gasteiger partial charge in [0.05, 0.1) is 10.6 Å². The summed E-state index contributed by atoms with van der Waals surface area (Å²) in [5, 5.41) is 14.2. The van der Waals surface area contributed by atoms with Crippen LogP contribution >= 0.6 is 23.4 Å². The summed E-state index contributed by atoms with van der Waals surface area (Å²) in [6.45, 7) is 2.01. The van der Waals surface area contributed by atoms with Crippen LogP contribution in [0.4, 0.5) is 0 Å². The lowest BCUT2D eigenvalue weighted by atomic mass is 10.1. The van der Waals surface area contributed by atoms with Crippen molar-refractivity contribution in [2.24, 2.45) is 5.10 Å². The second-order valence-electron chi connectivity index (χ2n) is 7.28. The number of fused-ring (bicyclic) bond motifs is 1. The monoisotopic (exact) mass is 480 g/mol. The first-order valence-electron chi connectivity index (χ1n) is 9.76. The van der Waals surface area contributed by atoms with Gasteiger partial charge in [-0.2, -0.15) is 9.78 Å². The number of hydrogen-bond donors (Lipinski definition) is 0. The maximum absolute atomic E-state index is 13.6. The molecular weight excluding hydrogens is 464 g/mol. The van der Waals surface area contributed by atoms with Gasteiger partial charge in [0.2, 0.25) is 5.16 Å². The fourth-order valence-corrected chi connectivity index (χ4v) is 6.64.